The number of aryl methyl sites for hydroxylation is 1. The van der Waals surface area contributed by atoms with Gasteiger partial charge in [-0.2, -0.15) is 0 Å². The standard InChI is InChI=1S/C60H110N12O8/c1-36(2)31-42(49(61)44(33-38(5)6)53(74)69-60(13,14)57(78)70-59(11,12)56(77)65-25-24-48(73)66-39(7)34-71-27-29-79-30-28-71)51(63)58(9,10)52(64)43(32-37(3)4)50(62)45(23-22-41-19-16-15-17-20-41)68-54(75)47-21-18-26-72(47)55(76)46-35-80-40(8)67-46/h35-39,41-45,47,49-52H,15-34,61-64H2,1-14H3,(H,65,77)(H,66,73)(H,68,75)(H,69,74)(H,70,78)/t39-,42-,43+,44-,45-,47-,49?,50?,51?,52?/m0/s1. The Labute approximate surface area is 480 Å². The molecule has 458 valence electrons. The number of likely N-dealkylation sites (tertiary alicyclic amines) is 1. The third-order valence-corrected chi connectivity index (χ3v) is 17.4. The summed E-state index contributed by atoms with van der Waals surface area (Å²) < 4.78 is 10.8. The van der Waals surface area contributed by atoms with Gasteiger partial charge >= 0.3 is 0 Å². The van der Waals surface area contributed by atoms with E-state index in [-0.39, 0.29) is 66.1 Å². The van der Waals surface area contributed by atoms with Crippen LogP contribution in [0.4, 0.5) is 0 Å². The van der Waals surface area contributed by atoms with Crippen LogP contribution in [-0.2, 0) is 28.7 Å². The highest BCUT2D eigenvalue weighted by Gasteiger charge is 2.49. The van der Waals surface area contributed by atoms with Crippen molar-refractivity contribution in [3.8, 4) is 0 Å². The quantitative estimate of drug-likeness (QED) is 0.0479. The molecule has 0 spiro atoms. The van der Waals surface area contributed by atoms with Gasteiger partial charge in [-0.05, 0) is 120 Å². The van der Waals surface area contributed by atoms with Crippen molar-refractivity contribution >= 4 is 35.4 Å². The van der Waals surface area contributed by atoms with Gasteiger partial charge in [0, 0.05) is 82.3 Å². The Morgan fingerprint density at radius 1 is 0.713 bits per heavy atom. The maximum atomic E-state index is 14.8. The highest BCUT2D eigenvalue weighted by Crippen LogP contribution is 2.40. The predicted octanol–water partition coefficient (Wildman–Crippen LogP) is 4.89. The van der Waals surface area contributed by atoms with Gasteiger partial charge < -0.3 is 63.6 Å². The fraction of sp³-hybridized carbons (Fsp3) is 0.850. The van der Waals surface area contributed by atoms with Crippen LogP contribution < -0.4 is 49.5 Å². The van der Waals surface area contributed by atoms with Crippen molar-refractivity contribution in [2.45, 2.75) is 234 Å². The summed E-state index contributed by atoms with van der Waals surface area (Å²) >= 11 is 0. The lowest BCUT2D eigenvalue weighted by Gasteiger charge is -2.49. The van der Waals surface area contributed by atoms with Crippen molar-refractivity contribution < 1.29 is 37.9 Å². The van der Waals surface area contributed by atoms with Crippen LogP contribution in [0.1, 0.15) is 190 Å². The molecule has 1 aromatic rings. The summed E-state index contributed by atoms with van der Waals surface area (Å²) in [5.41, 5.74) is 26.6. The monoisotopic (exact) mass is 1130 g/mol. The molecule has 80 heavy (non-hydrogen) atoms. The van der Waals surface area contributed by atoms with Gasteiger partial charge in [0.05, 0.1) is 19.1 Å². The first kappa shape index (κ1) is 68.3. The molecule has 6 amide bonds. The van der Waals surface area contributed by atoms with Gasteiger partial charge in [-0.25, -0.2) is 4.98 Å². The second-order valence-electron chi connectivity index (χ2n) is 27.0. The van der Waals surface area contributed by atoms with Gasteiger partial charge in [-0.3, -0.25) is 33.7 Å². The zero-order valence-electron chi connectivity index (χ0n) is 51.7. The molecule has 1 aliphatic carbocycles. The largest absolute Gasteiger partial charge is 0.448 e. The van der Waals surface area contributed by atoms with E-state index in [2.05, 4.69) is 78.0 Å². The van der Waals surface area contributed by atoms with E-state index in [0.29, 0.717) is 76.6 Å². The number of oxazole rings is 1. The fourth-order valence-corrected chi connectivity index (χ4v) is 12.5. The number of amides is 6. The number of ether oxygens (including phenoxy) is 1. The lowest BCUT2D eigenvalue weighted by atomic mass is 9.62. The second-order valence-corrected chi connectivity index (χ2v) is 27.0. The van der Waals surface area contributed by atoms with Crippen LogP contribution in [0.25, 0.3) is 0 Å². The van der Waals surface area contributed by atoms with E-state index in [1.54, 1.807) is 39.5 Å². The average Bonchev–Trinajstić information content (AvgIpc) is 4.06. The van der Waals surface area contributed by atoms with E-state index < -0.39 is 82.3 Å². The Bertz CT molecular complexity index is 2140. The van der Waals surface area contributed by atoms with Gasteiger partial charge in [0.2, 0.25) is 29.5 Å². The first-order valence-electron chi connectivity index (χ1n) is 30.4. The van der Waals surface area contributed by atoms with Crippen LogP contribution in [0, 0.1) is 53.8 Å². The average molecular weight is 1130 g/mol. The molecule has 0 bridgehead atoms. The zero-order chi connectivity index (χ0) is 59.9. The fourth-order valence-electron chi connectivity index (χ4n) is 12.5. The lowest BCUT2D eigenvalue weighted by Crippen LogP contribution is -2.66. The van der Waals surface area contributed by atoms with Crippen molar-refractivity contribution in [1.82, 2.24) is 41.4 Å². The molecule has 0 radical (unpaired) electrons. The lowest BCUT2D eigenvalue weighted by molar-refractivity contribution is -0.138. The minimum atomic E-state index is -1.47. The number of carbonyl (C=O) groups is 6. The molecule has 13 N–H and O–H groups in total. The van der Waals surface area contributed by atoms with Crippen molar-refractivity contribution in [2.75, 3.05) is 45.9 Å². The van der Waals surface area contributed by atoms with E-state index in [9.17, 15) is 28.8 Å². The number of morpholine rings is 1. The maximum Gasteiger partial charge on any atom is 0.276 e. The van der Waals surface area contributed by atoms with E-state index in [4.69, 9.17) is 32.1 Å². The maximum absolute atomic E-state index is 14.8. The number of nitrogens with zero attached hydrogens (tertiary/aromatic N) is 3. The predicted molar refractivity (Wildman–Crippen MR) is 314 cm³/mol. The van der Waals surface area contributed by atoms with Gasteiger partial charge in [0.1, 0.15) is 23.4 Å². The summed E-state index contributed by atoms with van der Waals surface area (Å²) in [5.74, 6) is -2.39. The van der Waals surface area contributed by atoms with Crippen LogP contribution in [0.5, 0.6) is 0 Å². The summed E-state index contributed by atoms with van der Waals surface area (Å²) in [6, 6.07) is -3.71. The van der Waals surface area contributed by atoms with E-state index in [1.807, 2.05) is 20.8 Å². The van der Waals surface area contributed by atoms with Gasteiger partial charge in [-0.15, -0.1) is 0 Å². The molecule has 3 fully saturated rings. The summed E-state index contributed by atoms with van der Waals surface area (Å²) in [5, 5.41) is 15.0. The molecule has 20 heteroatoms. The van der Waals surface area contributed by atoms with Gasteiger partial charge in [0.25, 0.3) is 5.91 Å². The molecule has 20 nitrogen and oxygen atoms in total. The summed E-state index contributed by atoms with van der Waals surface area (Å²) in [4.78, 5) is 91.4. The van der Waals surface area contributed by atoms with Gasteiger partial charge in [-0.1, -0.05) is 87.5 Å². The SMILES string of the molecule is Cc1nc(C(=O)N2CCC[C@H]2C(=O)N[C@@H](CCC2CCCCC2)C(N)[C@@H](CC(C)C)C(N)C(C)(C)C(N)[C@@H](CC(C)C)C(N)[C@H](CC(C)C)C(=O)NC(C)(C)C(=O)NC(C)(C)C(=O)NCCC(=O)N[C@@H](C)CN2CCOCC2)co1. The smallest absolute Gasteiger partial charge is 0.276 e. The highest BCUT2D eigenvalue weighted by molar-refractivity contribution is 5.97. The molecular formula is C60H110N12O8. The molecular weight excluding hydrogens is 1020 g/mol. The second kappa shape index (κ2) is 30.9. The molecule has 0 aromatic carbocycles. The molecule has 2 saturated heterocycles. The number of aromatic nitrogens is 1. The summed E-state index contributed by atoms with van der Waals surface area (Å²) in [6.45, 7) is 30.8. The molecule has 1 saturated carbocycles. The number of nitrogens with two attached hydrogens (primary N) is 4. The summed E-state index contributed by atoms with van der Waals surface area (Å²) in [6.07, 6.45) is 11.7. The summed E-state index contributed by atoms with van der Waals surface area (Å²) in [7, 11) is 0. The van der Waals surface area contributed by atoms with Crippen molar-refractivity contribution in [2.24, 2.45) is 69.8 Å². The van der Waals surface area contributed by atoms with E-state index >= 15 is 0 Å². The van der Waals surface area contributed by atoms with Crippen LogP contribution in [0.2, 0.25) is 0 Å². The first-order valence-corrected chi connectivity index (χ1v) is 30.4. The van der Waals surface area contributed by atoms with E-state index in [1.165, 1.54) is 25.5 Å². The van der Waals surface area contributed by atoms with Crippen LogP contribution in [-0.4, -0.2) is 150 Å². The van der Waals surface area contributed by atoms with Crippen LogP contribution in [0.15, 0.2) is 10.7 Å². The third-order valence-electron chi connectivity index (χ3n) is 17.4. The van der Waals surface area contributed by atoms with Crippen molar-refractivity contribution in [3.05, 3.63) is 17.8 Å². The zero-order valence-corrected chi connectivity index (χ0v) is 51.7. The molecule has 3 aliphatic rings. The minimum Gasteiger partial charge on any atom is -0.448 e. The number of rotatable bonds is 31. The molecule has 3 heterocycles. The number of carbonyl (C=O) groups excluding carboxylic acids is 6. The first-order chi connectivity index (χ1) is 37.4. The molecule has 4 rings (SSSR count). The van der Waals surface area contributed by atoms with Crippen LogP contribution in [0.3, 0.4) is 0 Å². The third kappa shape index (κ3) is 20.0. The Hall–Kier alpha value is -4.21. The van der Waals surface area contributed by atoms with Crippen molar-refractivity contribution in [1.29, 1.82) is 0 Å². The highest BCUT2D eigenvalue weighted by atomic mass is 16.5. The Morgan fingerprint density at radius 3 is 1.85 bits per heavy atom. The Morgan fingerprint density at radius 2 is 1.29 bits per heavy atom. The molecule has 10 atom stereocenters. The minimum absolute atomic E-state index is 0.0488. The van der Waals surface area contributed by atoms with Crippen LogP contribution >= 0.6 is 0 Å². The number of hydrogen-bond acceptors (Lipinski definition) is 14. The Kier molecular flexibility index (Phi) is 26.4. The van der Waals surface area contributed by atoms with Gasteiger partial charge in [0.15, 0.2) is 11.6 Å². The normalized spacial score (nSPS) is 20.6. The van der Waals surface area contributed by atoms with E-state index in [0.717, 1.165) is 32.4 Å². The topological polar surface area (TPSA) is 308 Å². The number of hydrogen-bond donors (Lipinski definition) is 9. The number of nitrogens with one attached hydrogen (secondary N) is 5. The molecule has 4 unspecified atom stereocenters. The molecule has 1 aromatic heterocycles. The molecule has 2 aliphatic heterocycles. The Balaban J connectivity index is 1.52. The van der Waals surface area contributed by atoms with Crippen molar-refractivity contribution in [3.63, 3.8) is 0 Å².